The van der Waals surface area contributed by atoms with Gasteiger partial charge >= 0.3 is 11.9 Å². The van der Waals surface area contributed by atoms with Crippen LogP contribution in [0.25, 0.3) is 11.3 Å². The van der Waals surface area contributed by atoms with Gasteiger partial charge in [0.1, 0.15) is 9.88 Å². The summed E-state index contributed by atoms with van der Waals surface area (Å²) in [5.74, 6) is -1.46. The summed E-state index contributed by atoms with van der Waals surface area (Å²) in [6.45, 7) is 5.26. The van der Waals surface area contributed by atoms with Crippen molar-refractivity contribution in [1.29, 1.82) is 0 Å². The zero-order valence-corrected chi connectivity index (χ0v) is 18.6. The van der Waals surface area contributed by atoms with Crippen molar-refractivity contribution in [3.8, 4) is 11.3 Å². The van der Waals surface area contributed by atoms with Crippen LogP contribution < -0.4 is 5.32 Å². The van der Waals surface area contributed by atoms with Gasteiger partial charge in [0.15, 0.2) is 11.5 Å². The quantitative estimate of drug-likeness (QED) is 0.494. The third-order valence-corrected chi connectivity index (χ3v) is 5.63. The number of thiophene rings is 1. The van der Waals surface area contributed by atoms with Crippen molar-refractivity contribution in [3.63, 3.8) is 0 Å². The molecule has 0 aliphatic rings. The number of benzene rings is 1. The first kappa shape index (κ1) is 22.5. The van der Waals surface area contributed by atoms with Crippen molar-refractivity contribution >= 4 is 45.8 Å². The topological polar surface area (TPSA) is 108 Å². The van der Waals surface area contributed by atoms with Gasteiger partial charge in [-0.1, -0.05) is 16.8 Å². The smallest absolute Gasteiger partial charge is 0.348 e. The number of carbonyl (C=O) groups is 3. The number of esters is 2. The van der Waals surface area contributed by atoms with E-state index in [4.69, 9.17) is 25.6 Å². The van der Waals surface area contributed by atoms with E-state index in [1.807, 2.05) is 0 Å². The molecule has 0 aliphatic heterocycles. The number of ether oxygens (including phenoxy) is 2. The molecule has 0 saturated carbocycles. The Bertz CT molecular complexity index is 1120. The largest absolute Gasteiger partial charge is 0.462 e. The number of rotatable bonds is 7. The molecule has 2 aromatic heterocycles. The summed E-state index contributed by atoms with van der Waals surface area (Å²) in [6, 6.07) is 8.32. The van der Waals surface area contributed by atoms with E-state index >= 15 is 0 Å². The predicted molar refractivity (Wildman–Crippen MR) is 116 cm³/mol. The Morgan fingerprint density at radius 3 is 2.39 bits per heavy atom. The van der Waals surface area contributed by atoms with Gasteiger partial charge in [-0.05, 0) is 50.6 Å². The minimum Gasteiger partial charge on any atom is -0.462 e. The molecule has 10 heteroatoms. The van der Waals surface area contributed by atoms with Crippen molar-refractivity contribution in [1.82, 2.24) is 5.16 Å². The van der Waals surface area contributed by atoms with Gasteiger partial charge in [0.25, 0.3) is 5.91 Å². The van der Waals surface area contributed by atoms with Crippen LogP contribution in [-0.4, -0.2) is 36.2 Å². The summed E-state index contributed by atoms with van der Waals surface area (Å²) in [5.41, 5.74) is 1.17. The SMILES string of the molecule is CCOC(=O)c1sc(NC(=O)c2cc(-c3ccc(Cl)cc3)on2)c(C(=O)OCC)c1C. The van der Waals surface area contributed by atoms with E-state index in [-0.39, 0.29) is 34.3 Å². The number of amides is 1. The second-order valence-corrected chi connectivity index (χ2v) is 7.70. The Hall–Kier alpha value is -3.17. The number of carbonyl (C=O) groups excluding carboxylic acids is 3. The Morgan fingerprint density at radius 2 is 1.74 bits per heavy atom. The van der Waals surface area contributed by atoms with Crippen molar-refractivity contribution in [2.45, 2.75) is 20.8 Å². The molecule has 31 heavy (non-hydrogen) atoms. The van der Waals surface area contributed by atoms with Crippen LogP contribution in [0.4, 0.5) is 5.00 Å². The van der Waals surface area contributed by atoms with Crippen molar-refractivity contribution in [2.75, 3.05) is 18.5 Å². The molecule has 162 valence electrons. The normalized spacial score (nSPS) is 10.6. The lowest BCUT2D eigenvalue weighted by Gasteiger charge is -2.05. The van der Waals surface area contributed by atoms with Gasteiger partial charge in [-0.25, -0.2) is 9.59 Å². The lowest BCUT2D eigenvalue weighted by atomic mass is 10.1. The third-order valence-electron chi connectivity index (χ3n) is 4.19. The highest BCUT2D eigenvalue weighted by Crippen LogP contribution is 2.35. The Balaban J connectivity index is 1.89. The number of nitrogens with one attached hydrogen (secondary N) is 1. The monoisotopic (exact) mass is 462 g/mol. The molecule has 0 saturated heterocycles. The number of anilines is 1. The molecule has 3 aromatic rings. The van der Waals surface area contributed by atoms with Crippen molar-refractivity contribution in [2.24, 2.45) is 0 Å². The average molecular weight is 463 g/mol. The summed E-state index contributed by atoms with van der Waals surface area (Å²) in [7, 11) is 0. The zero-order chi connectivity index (χ0) is 22.5. The lowest BCUT2D eigenvalue weighted by Crippen LogP contribution is -2.15. The van der Waals surface area contributed by atoms with Gasteiger partial charge in [-0.2, -0.15) is 0 Å². The van der Waals surface area contributed by atoms with Gasteiger partial charge < -0.3 is 19.3 Å². The zero-order valence-electron chi connectivity index (χ0n) is 17.0. The standard InChI is InChI=1S/C21H19ClN2O6S/c1-4-28-20(26)16-11(3)17(21(27)29-5-2)31-19(16)23-18(25)14-10-15(30-24-14)12-6-8-13(22)9-7-12/h6-10H,4-5H2,1-3H3,(H,23,25). The summed E-state index contributed by atoms with van der Waals surface area (Å²) < 4.78 is 15.4. The highest BCUT2D eigenvalue weighted by Gasteiger charge is 2.28. The van der Waals surface area contributed by atoms with Crippen LogP contribution in [0.1, 0.15) is 49.9 Å². The maximum atomic E-state index is 12.7. The number of nitrogens with zero attached hydrogens (tertiary/aromatic N) is 1. The van der Waals surface area contributed by atoms with Gasteiger partial charge in [0.05, 0.1) is 18.8 Å². The molecule has 2 heterocycles. The molecule has 0 bridgehead atoms. The van der Waals surface area contributed by atoms with Crippen molar-refractivity contribution < 1.29 is 28.4 Å². The van der Waals surface area contributed by atoms with Crippen LogP contribution in [-0.2, 0) is 9.47 Å². The number of hydrogen-bond acceptors (Lipinski definition) is 8. The van der Waals surface area contributed by atoms with Crippen LogP contribution >= 0.6 is 22.9 Å². The lowest BCUT2D eigenvalue weighted by molar-refractivity contribution is 0.0527. The van der Waals surface area contributed by atoms with Gasteiger partial charge in [0.2, 0.25) is 0 Å². The minimum atomic E-state index is -0.649. The molecule has 1 aromatic carbocycles. The minimum absolute atomic E-state index is 0.00324. The van der Waals surface area contributed by atoms with E-state index < -0.39 is 17.8 Å². The molecule has 0 spiro atoms. The van der Waals surface area contributed by atoms with E-state index in [1.165, 1.54) is 6.07 Å². The number of aromatic nitrogens is 1. The van der Waals surface area contributed by atoms with Crippen LogP contribution in [0.15, 0.2) is 34.9 Å². The van der Waals surface area contributed by atoms with Crippen LogP contribution in [0.2, 0.25) is 5.02 Å². The fourth-order valence-corrected chi connectivity index (χ4v) is 3.95. The molecular weight excluding hydrogens is 444 g/mol. The first-order valence-electron chi connectivity index (χ1n) is 9.37. The summed E-state index contributed by atoms with van der Waals surface area (Å²) in [4.78, 5) is 37.6. The van der Waals surface area contributed by atoms with E-state index in [0.29, 0.717) is 21.9 Å². The molecule has 3 rings (SSSR count). The fourth-order valence-electron chi connectivity index (χ4n) is 2.74. The summed E-state index contributed by atoms with van der Waals surface area (Å²) in [6.07, 6.45) is 0. The molecular formula is C21H19ClN2O6S. The average Bonchev–Trinajstić information content (AvgIpc) is 3.34. The second kappa shape index (κ2) is 9.76. The molecule has 0 fully saturated rings. The van der Waals surface area contributed by atoms with E-state index in [2.05, 4.69) is 10.5 Å². The van der Waals surface area contributed by atoms with Crippen LogP contribution in [0.5, 0.6) is 0 Å². The highest BCUT2D eigenvalue weighted by atomic mass is 35.5. The summed E-state index contributed by atoms with van der Waals surface area (Å²) >= 11 is 6.82. The van der Waals surface area contributed by atoms with E-state index in [9.17, 15) is 14.4 Å². The Labute approximate surface area is 187 Å². The molecule has 1 N–H and O–H groups in total. The molecule has 0 unspecified atom stereocenters. The maximum absolute atomic E-state index is 12.7. The maximum Gasteiger partial charge on any atom is 0.348 e. The summed E-state index contributed by atoms with van der Waals surface area (Å²) in [5, 5.41) is 7.15. The molecule has 1 amide bonds. The first-order valence-corrected chi connectivity index (χ1v) is 10.6. The van der Waals surface area contributed by atoms with Crippen LogP contribution in [0, 0.1) is 6.92 Å². The Kier molecular flexibility index (Phi) is 7.09. The van der Waals surface area contributed by atoms with Gasteiger partial charge in [0, 0.05) is 16.7 Å². The predicted octanol–water partition coefficient (Wildman–Crippen LogP) is 4.97. The van der Waals surface area contributed by atoms with Crippen molar-refractivity contribution in [3.05, 3.63) is 57.1 Å². The molecule has 8 nitrogen and oxygen atoms in total. The van der Waals surface area contributed by atoms with Crippen LogP contribution in [0.3, 0.4) is 0 Å². The molecule has 0 radical (unpaired) electrons. The molecule has 0 atom stereocenters. The number of halogens is 1. The number of hydrogen-bond donors (Lipinski definition) is 1. The van der Waals surface area contributed by atoms with Gasteiger partial charge in [-0.15, -0.1) is 11.3 Å². The van der Waals surface area contributed by atoms with E-state index in [0.717, 1.165) is 11.3 Å². The molecule has 0 aliphatic carbocycles. The fraction of sp³-hybridized carbons (Fsp3) is 0.238. The Morgan fingerprint density at radius 1 is 1.10 bits per heavy atom. The third kappa shape index (κ3) is 4.95. The van der Waals surface area contributed by atoms with Gasteiger partial charge in [-0.3, -0.25) is 4.79 Å². The second-order valence-electron chi connectivity index (χ2n) is 6.24. The highest BCUT2D eigenvalue weighted by molar-refractivity contribution is 7.18. The van der Waals surface area contributed by atoms with E-state index in [1.54, 1.807) is 45.0 Å². The first-order chi connectivity index (χ1) is 14.8.